The molecule has 432 valence electrons. The van der Waals surface area contributed by atoms with E-state index in [2.05, 4.69) is 33.4 Å². The smallest absolute Gasteiger partial charge is 0.258 e. The molecule has 0 aromatic heterocycles. The molecule has 6 amide bonds. The molecule has 8 aromatic carbocycles. The molecule has 0 spiro atoms. The molecule has 16 nitrogen and oxygen atoms in total. The molecular formula is C68H72N8O8. The molecule has 2 aliphatic heterocycles. The lowest BCUT2D eigenvalue weighted by atomic mass is 9.99. The Morgan fingerprint density at radius 3 is 1.17 bits per heavy atom. The Morgan fingerprint density at radius 1 is 0.464 bits per heavy atom. The highest BCUT2D eigenvalue weighted by Gasteiger charge is 2.40. The minimum absolute atomic E-state index is 0.0734. The van der Waals surface area contributed by atoms with Crippen molar-refractivity contribution in [2.75, 3.05) is 46.8 Å². The first-order valence-electron chi connectivity index (χ1n) is 28.3. The van der Waals surface area contributed by atoms with Gasteiger partial charge in [0.05, 0.1) is 73.2 Å². The Labute approximate surface area is 490 Å². The van der Waals surface area contributed by atoms with Crippen molar-refractivity contribution in [1.29, 1.82) is 0 Å². The van der Waals surface area contributed by atoms with Gasteiger partial charge in [0.2, 0.25) is 11.8 Å². The van der Waals surface area contributed by atoms with Crippen molar-refractivity contribution < 1.29 is 39.0 Å². The molecule has 6 atom stereocenters. The number of benzene rings is 8. The molecule has 1 unspecified atom stereocenters. The topological polar surface area (TPSA) is 204 Å². The van der Waals surface area contributed by atoms with Crippen LogP contribution in [0.4, 0.5) is 22.7 Å². The van der Waals surface area contributed by atoms with Crippen molar-refractivity contribution >= 4 is 79.7 Å². The zero-order valence-electron chi connectivity index (χ0n) is 48.6. The van der Waals surface area contributed by atoms with Crippen molar-refractivity contribution in [3.8, 4) is 0 Å². The standard InChI is InChI=1S/2C34H36N4O4/c2*1-21-17-18-24-11-5-6-13-26(24)28(21)19-37-30-15-9-10-16-31(30)38(20-29(34(37)42)36-32(40)22(2)35-4)33(41)27-14-8-7-12-25(27)23(3)39/h2*5-18,22-23,29,35,39H,19-20H2,1-4H3,(H,36,40)/t22?,23-,29+;22-,23-,29-/m10/s1. The van der Waals surface area contributed by atoms with Crippen molar-refractivity contribution in [3.63, 3.8) is 0 Å². The predicted molar refractivity (Wildman–Crippen MR) is 331 cm³/mol. The summed E-state index contributed by atoms with van der Waals surface area (Å²) < 4.78 is 0. The average molecular weight is 1130 g/mol. The van der Waals surface area contributed by atoms with Gasteiger partial charge in [0.15, 0.2) is 0 Å². The van der Waals surface area contributed by atoms with E-state index in [1.165, 1.54) is 0 Å². The van der Waals surface area contributed by atoms with Crippen LogP contribution in [0.3, 0.4) is 0 Å². The summed E-state index contributed by atoms with van der Waals surface area (Å²) in [5.74, 6) is -2.05. The number of aryl methyl sites for hydroxylation is 2. The maximum absolute atomic E-state index is 14.4. The van der Waals surface area contributed by atoms with Crippen LogP contribution in [-0.2, 0) is 32.3 Å². The molecule has 0 fully saturated rings. The van der Waals surface area contributed by atoms with E-state index in [1.54, 1.807) is 110 Å². The van der Waals surface area contributed by atoms with E-state index in [-0.39, 0.29) is 61.6 Å². The van der Waals surface area contributed by atoms with Crippen LogP contribution in [0.2, 0.25) is 0 Å². The number of carbonyl (C=O) groups is 6. The summed E-state index contributed by atoms with van der Waals surface area (Å²) in [5.41, 5.74) is 7.92. The monoisotopic (exact) mass is 1130 g/mol. The number of aliphatic hydroxyl groups excluding tert-OH is 2. The second kappa shape index (κ2) is 26.0. The van der Waals surface area contributed by atoms with Crippen LogP contribution in [0.25, 0.3) is 21.5 Å². The van der Waals surface area contributed by atoms with E-state index >= 15 is 0 Å². The quantitative estimate of drug-likeness (QED) is 0.0610. The molecular weight excluding hydrogens is 1060 g/mol. The van der Waals surface area contributed by atoms with Gasteiger partial charge in [-0.25, -0.2) is 0 Å². The van der Waals surface area contributed by atoms with Crippen LogP contribution in [0, 0.1) is 13.8 Å². The van der Waals surface area contributed by atoms with Crippen LogP contribution in [0.1, 0.15) is 94.0 Å². The Morgan fingerprint density at radius 2 is 0.798 bits per heavy atom. The van der Waals surface area contributed by atoms with Gasteiger partial charge in [-0.15, -0.1) is 0 Å². The van der Waals surface area contributed by atoms with Crippen molar-refractivity contribution in [2.45, 2.75) is 91.0 Å². The normalized spacial score (nSPS) is 16.5. The van der Waals surface area contributed by atoms with Crippen molar-refractivity contribution in [3.05, 3.63) is 214 Å². The fourth-order valence-corrected chi connectivity index (χ4v) is 11.0. The lowest BCUT2D eigenvalue weighted by molar-refractivity contribution is -0.128. The molecule has 10 rings (SSSR count). The van der Waals surface area contributed by atoms with Gasteiger partial charge in [-0.1, -0.05) is 133 Å². The first kappa shape index (κ1) is 59.6. The number of fused-ring (bicyclic) bond motifs is 4. The van der Waals surface area contributed by atoms with Gasteiger partial charge in [0, 0.05) is 11.1 Å². The zero-order valence-corrected chi connectivity index (χ0v) is 48.6. The number of aliphatic hydroxyl groups is 2. The Kier molecular flexibility index (Phi) is 18.5. The molecule has 0 bridgehead atoms. The number of hydrogen-bond donors (Lipinski definition) is 6. The van der Waals surface area contributed by atoms with E-state index in [0.717, 1.165) is 43.8 Å². The fourth-order valence-electron chi connectivity index (χ4n) is 11.0. The summed E-state index contributed by atoms with van der Waals surface area (Å²) in [4.78, 5) is 89.8. The second-order valence-corrected chi connectivity index (χ2v) is 21.5. The first-order valence-corrected chi connectivity index (χ1v) is 28.3. The van der Waals surface area contributed by atoms with Crippen molar-refractivity contribution in [2.24, 2.45) is 0 Å². The number of nitrogens with zero attached hydrogens (tertiary/aromatic N) is 4. The van der Waals surface area contributed by atoms with Gasteiger partial charge in [-0.2, -0.15) is 0 Å². The lowest BCUT2D eigenvalue weighted by Gasteiger charge is -2.27. The number of carbonyl (C=O) groups excluding carboxylic acids is 6. The molecule has 6 N–H and O–H groups in total. The number of para-hydroxylation sites is 4. The van der Waals surface area contributed by atoms with E-state index in [9.17, 15) is 39.0 Å². The molecule has 2 heterocycles. The van der Waals surface area contributed by atoms with Gasteiger partial charge < -0.3 is 51.1 Å². The molecule has 84 heavy (non-hydrogen) atoms. The van der Waals surface area contributed by atoms with E-state index in [0.29, 0.717) is 45.0 Å². The molecule has 0 aliphatic carbocycles. The van der Waals surface area contributed by atoms with Gasteiger partial charge in [0.1, 0.15) is 12.1 Å². The number of rotatable bonds is 14. The van der Waals surface area contributed by atoms with Crippen molar-refractivity contribution in [1.82, 2.24) is 21.3 Å². The highest BCUT2D eigenvalue weighted by Crippen LogP contribution is 2.39. The van der Waals surface area contributed by atoms with Crippen LogP contribution in [0.15, 0.2) is 170 Å². The summed E-state index contributed by atoms with van der Waals surface area (Å²) in [5, 5.41) is 36.7. The van der Waals surface area contributed by atoms with Crippen LogP contribution < -0.4 is 40.9 Å². The highest BCUT2D eigenvalue weighted by atomic mass is 16.3. The molecule has 16 heteroatoms. The highest BCUT2D eigenvalue weighted by molar-refractivity contribution is 6.15. The maximum atomic E-state index is 14.4. The summed E-state index contributed by atoms with van der Waals surface area (Å²) in [6.07, 6.45) is -1.74. The molecule has 2 aliphatic rings. The lowest BCUT2D eigenvalue weighted by Crippen LogP contribution is -2.55. The van der Waals surface area contributed by atoms with Crippen LogP contribution in [-0.4, -0.2) is 97.0 Å². The summed E-state index contributed by atoms with van der Waals surface area (Å²) in [6.45, 7) is 11.1. The summed E-state index contributed by atoms with van der Waals surface area (Å²) in [6, 6.07) is 49.6. The number of hydrogen-bond acceptors (Lipinski definition) is 10. The molecule has 0 saturated carbocycles. The van der Waals surface area contributed by atoms with Crippen LogP contribution in [0.5, 0.6) is 0 Å². The number of anilines is 4. The third-order valence-corrected chi connectivity index (χ3v) is 16.0. The third kappa shape index (κ3) is 12.3. The average Bonchev–Trinajstić information content (AvgIpc) is 2.45. The Bertz CT molecular complexity index is 3540. The first-order chi connectivity index (χ1) is 40.4. The minimum atomic E-state index is -1.02. The van der Waals surface area contributed by atoms with Gasteiger partial charge in [0.25, 0.3) is 23.6 Å². The molecule has 0 saturated heterocycles. The SMILES string of the molecule is CNC(C)C(=O)N[C@H]1CN(C(=O)c2ccccc2[C@@H](C)O)c2ccccc2N(Cc2c(C)ccc3ccccc23)C1=O.CN[C@@H](C)C(=O)N[C@H]1CN(C(=O)c2ccccc2[C@H](C)O)c2ccccc2N(Cc2c(C)ccc3ccccc23)C1=O. The zero-order chi connectivity index (χ0) is 59.9. The maximum Gasteiger partial charge on any atom is 0.258 e. The van der Waals surface area contributed by atoms with Crippen LogP contribution >= 0.6 is 0 Å². The predicted octanol–water partition coefficient (Wildman–Crippen LogP) is 8.98. The van der Waals surface area contributed by atoms with Gasteiger partial charge in [-0.3, -0.25) is 28.8 Å². The molecule has 0 radical (unpaired) electrons. The van der Waals surface area contributed by atoms with Gasteiger partial charge in [-0.05, 0) is 147 Å². The third-order valence-electron chi connectivity index (χ3n) is 16.0. The number of nitrogens with one attached hydrogen (secondary N) is 4. The Balaban J connectivity index is 0.000000202. The number of likely N-dealkylation sites (N-methyl/N-ethyl adjacent to an activating group) is 2. The number of amides is 6. The molecule has 8 aromatic rings. The van der Waals surface area contributed by atoms with E-state index < -0.39 is 36.4 Å². The largest absolute Gasteiger partial charge is 0.389 e. The second-order valence-electron chi connectivity index (χ2n) is 21.5. The Hall–Kier alpha value is -9.06. The van der Waals surface area contributed by atoms with Gasteiger partial charge >= 0.3 is 0 Å². The van der Waals surface area contributed by atoms with E-state index in [1.807, 2.05) is 123 Å². The van der Waals surface area contributed by atoms with E-state index in [4.69, 9.17) is 0 Å². The summed E-state index contributed by atoms with van der Waals surface area (Å²) >= 11 is 0. The minimum Gasteiger partial charge on any atom is -0.389 e. The summed E-state index contributed by atoms with van der Waals surface area (Å²) in [7, 11) is 3.35. The fraction of sp³-hybridized carbons (Fsp3) is 0.265.